The van der Waals surface area contributed by atoms with Crippen molar-refractivity contribution in [2.45, 2.75) is 6.92 Å². The average Bonchev–Trinajstić information content (AvgIpc) is 2.44. The van der Waals surface area contributed by atoms with Gasteiger partial charge in [0.05, 0.1) is 5.02 Å². The Balaban J connectivity index is 1.75. The number of benzene rings is 1. The van der Waals surface area contributed by atoms with E-state index in [2.05, 4.69) is 15.6 Å². The van der Waals surface area contributed by atoms with Crippen LogP contribution in [-0.4, -0.2) is 17.7 Å². The smallest absolute Gasteiger partial charge is 0.323 e. The van der Waals surface area contributed by atoms with Gasteiger partial charge in [-0.05, 0) is 31.2 Å². The molecule has 0 saturated carbocycles. The van der Waals surface area contributed by atoms with Crippen LogP contribution in [0.2, 0.25) is 5.02 Å². The summed E-state index contributed by atoms with van der Waals surface area (Å²) in [6.07, 6.45) is 1.46. The van der Waals surface area contributed by atoms with Crippen molar-refractivity contribution < 1.29 is 9.53 Å². The summed E-state index contributed by atoms with van der Waals surface area (Å²) < 4.78 is 5.38. The molecule has 2 amide bonds. The molecule has 2 N–H and O–H groups in total. The molecule has 0 saturated heterocycles. The molecule has 0 aliphatic carbocycles. The number of hydrogen-bond acceptors (Lipinski definition) is 3. The summed E-state index contributed by atoms with van der Waals surface area (Å²) in [5.74, 6) is 1.11. The molecule has 0 aliphatic heterocycles. The van der Waals surface area contributed by atoms with Gasteiger partial charge in [0.25, 0.3) is 0 Å². The van der Waals surface area contributed by atoms with E-state index in [1.54, 1.807) is 12.1 Å². The molecule has 104 valence electrons. The minimum Gasteiger partial charge on any atom is -0.473 e. The van der Waals surface area contributed by atoms with E-state index in [4.69, 9.17) is 16.3 Å². The largest absolute Gasteiger partial charge is 0.473 e. The van der Waals surface area contributed by atoms with Crippen LogP contribution in [0.5, 0.6) is 5.75 Å². The Morgan fingerprint density at radius 2 is 2.00 bits per heavy atom. The second-order valence-electron chi connectivity index (χ2n) is 4.09. The molecule has 0 unspecified atom stereocenters. The lowest BCUT2D eigenvalue weighted by molar-refractivity contribution is 0.234. The van der Waals surface area contributed by atoms with E-state index in [-0.39, 0.29) is 6.73 Å². The zero-order valence-corrected chi connectivity index (χ0v) is 11.6. The lowest BCUT2D eigenvalue weighted by Crippen LogP contribution is -2.32. The van der Waals surface area contributed by atoms with E-state index in [0.29, 0.717) is 16.6 Å². The van der Waals surface area contributed by atoms with Crippen LogP contribution in [0, 0.1) is 6.92 Å². The Labute approximate surface area is 121 Å². The van der Waals surface area contributed by atoms with Gasteiger partial charge in [-0.3, -0.25) is 5.32 Å². The first-order chi connectivity index (χ1) is 9.63. The van der Waals surface area contributed by atoms with Crippen LogP contribution < -0.4 is 15.4 Å². The molecule has 5 nitrogen and oxygen atoms in total. The standard InChI is InChI=1S/C14H14ClN3O2/c1-10-2-5-12(6-3-10)20-9-17-14(19)18-13-7-4-11(15)8-16-13/h2-8H,9H2,1H3,(H2,16,17,18,19). The van der Waals surface area contributed by atoms with E-state index >= 15 is 0 Å². The third-order valence-electron chi connectivity index (χ3n) is 2.46. The SMILES string of the molecule is Cc1ccc(OCNC(=O)Nc2ccc(Cl)cn2)cc1. The number of nitrogens with one attached hydrogen (secondary N) is 2. The predicted octanol–water partition coefficient (Wildman–Crippen LogP) is 3.20. The molecular formula is C14H14ClN3O2. The first-order valence-electron chi connectivity index (χ1n) is 5.99. The van der Waals surface area contributed by atoms with Gasteiger partial charge in [-0.15, -0.1) is 0 Å². The van der Waals surface area contributed by atoms with Gasteiger partial charge < -0.3 is 10.1 Å². The number of nitrogens with zero attached hydrogens (tertiary/aromatic N) is 1. The Kier molecular flexibility index (Phi) is 4.79. The van der Waals surface area contributed by atoms with Crippen molar-refractivity contribution in [1.82, 2.24) is 10.3 Å². The van der Waals surface area contributed by atoms with Crippen molar-refractivity contribution in [1.29, 1.82) is 0 Å². The van der Waals surface area contributed by atoms with Gasteiger partial charge in [0, 0.05) is 6.20 Å². The second-order valence-corrected chi connectivity index (χ2v) is 4.53. The fraction of sp³-hybridized carbons (Fsp3) is 0.143. The lowest BCUT2D eigenvalue weighted by atomic mass is 10.2. The van der Waals surface area contributed by atoms with E-state index in [1.165, 1.54) is 6.20 Å². The van der Waals surface area contributed by atoms with Crippen molar-refractivity contribution in [2.75, 3.05) is 12.0 Å². The first kappa shape index (κ1) is 14.1. The molecule has 0 aliphatic rings. The number of amides is 2. The molecule has 1 heterocycles. The number of aromatic nitrogens is 1. The molecule has 2 aromatic rings. The van der Waals surface area contributed by atoms with Crippen molar-refractivity contribution >= 4 is 23.4 Å². The van der Waals surface area contributed by atoms with Crippen LogP contribution >= 0.6 is 11.6 Å². The lowest BCUT2D eigenvalue weighted by Gasteiger charge is -2.09. The number of rotatable bonds is 4. The number of hydrogen-bond donors (Lipinski definition) is 2. The zero-order chi connectivity index (χ0) is 14.4. The highest BCUT2D eigenvalue weighted by Gasteiger charge is 2.02. The molecule has 0 spiro atoms. The molecule has 0 fully saturated rings. The highest BCUT2D eigenvalue weighted by molar-refractivity contribution is 6.30. The van der Waals surface area contributed by atoms with E-state index in [9.17, 15) is 4.79 Å². The first-order valence-corrected chi connectivity index (χ1v) is 6.37. The van der Waals surface area contributed by atoms with Crippen LogP contribution in [0.1, 0.15) is 5.56 Å². The van der Waals surface area contributed by atoms with Gasteiger partial charge in [0.15, 0.2) is 6.73 Å². The van der Waals surface area contributed by atoms with Crippen molar-refractivity contribution in [3.05, 3.63) is 53.2 Å². The van der Waals surface area contributed by atoms with Crippen LogP contribution in [0.15, 0.2) is 42.6 Å². The third-order valence-corrected chi connectivity index (χ3v) is 2.69. The fourth-order valence-electron chi connectivity index (χ4n) is 1.43. The maximum absolute atomic E-state index is 11.6. The van der Waals surface area contributed by atoms with Gasteiger partial charge in [-0.1, -0.05) is 29.3 Å². The number of carbonyl (C=O) groups is 1. The molecule has 1 aromatic heterocycles. The molecule has 0 bridgehead atoms. The molecule has 6 heteroatoms. The Morgan fingerprint density at radius 1 is 1.25 bits per heavy atom. The monoisotopic (exact) mass is 291 g/mol. The van der Waals surface area contributed by atoms with Gasteiger partial charge in [0.1, 0.15) is 11.6 Å². The summed E-state index contributed by atoms with van der Waals surface area (Å²) in [6, 6.07) is 10.4. The quantitative estimate of drug-likeness (QED) is 0.850. The highest BCUT2D eigenvalue weighted by Crippen LogP contribution is 2.11. The third kappa shape index (κ3) is 4.44. The van der Waals surface area contributed by atoms with Crippen LogP contribution in [-0.2, 0) is 0 Å². The van der Waals surface area contributed by atoms with Crippen molar-refractivity contribution in [3.8, 4) is 5.75 Å². The summed E-state index contributed by atoms with van der Waals surface area (Å²) in [5, 5.41) is 5.64. The number of aryl methyl sites for hydroxylation is 1. The van der Waals surface area contributed by atoms with E-state index < -0.39 is 6.03 Å². The summed E-state index contributed by atoms with van der Waals surface area (Å²) in [6.45, 7) is 2.07. The minimum atomic E-state index is -0.396. The molecule has 0 radical (unpaired) electrons. The van der Waals surface area contributed by atoms with E-state index in [1.807, 2.05) is 31.2 Å². The Morgan fingerprint density at radius 3 is 2.65 bits per heavy atom. The van der Waals surface area contributed by atoms with Gasteiger partial charge in [-0.25, -0.2) is 9.78 Å². The summed E-state index contributed by atoms with van der Waals surface area (Å²) in [7, 11) is 0. The zero-order valence-electron chi connectivity index (χ0n) is 10.9. The summed E-state index contributed by atoms with van der Waals surface area (Å²) in [5.41, 5.74) is 1.15. The predicted molar refractivity (Wildman–Crippen MR) is 78.1 cm³/mol. The molecule has 0 atom stereocenters. The van der Waals surface area contributed by atoms with Crippen molar-refractivity contribution in [2.24, 2.45) is 0 Å². The molecule has 1 aromatic carbocycles. The van der Waals surface area contributed by atoms with Gasteiger partial charge >= 0.3 is 6.03 Å². The van der Waals surface area contributed by atoms with Crippen LogP contribution in [0.4, 0.5) is 10.6 Å². The topological polar surface area (TPSA) is 63.2 Å². The maximum Gasteiger partial charge on any atom is 0.323 e. The number of pyridine rings is 1. The minimum absolute atomic E-state index is 0.0719. The fourth-order valence-corrected chi connectivity index (χ4v) is 1.54. The number of ether oxygens (including phenoxy) is 1. The average molecular weight is 292 g/mol. The Hall–Kier alpha value is -2.27. The number of anilines is 1. The number of halogens is 1. The van der Waals surface area contributed by atoms with E-state index in [0.717, 1.165) is 5.56 Å². The van der Waals surface area contributed by atoms with Crippen LogP contribution in [0.3, 0.4) is 0 Å². The molecular weight excluding hydrogens is 278 g/mol. The van der Waals surface area contributed by atoms with Gasteiger partial charge in [-0.2, -0.15) is 0 Å². The Bertz CT molecular complexity index is 570. The van der Waals surface area contributed by atoms with Crippen LogP contribution in [0.25, 0.3) is 0 Å². The molecule has 2 rings (SSSR count). The number of urea groups is 1. The summed E-state index contributed by atoms with van der Waals surface area (Å²) in [4.78, 5) is 15.5. The van der Waals surface area contributed by atoms with Gasteiger partial charge in [0.2, 0.25) is 0 Å². The second kappa shape index (κ2) is 6.77. The number of carbonyl (C=O) groups excluding carboxylic acids is 1. The highest BCUT2D eigenvalue weighted by atomic mass is 35.5. The van der Waals surface area contributed by atoms with Crippen molar-refractivity contribution in [3.63, 3.8) is 0 Å². The summed E-state index contributed by atoms with van der Waals surface area (Å²) >= 11 is 5.70. The maximum atomic E-state index is 11.6. The molecule has 20 heavy (non-hydrogen) atoms. The normalized spacial score (nSPS) is 9.90.